The molecule has 1 aliphatic rings. The zero-order valence-corrected chi connectivity index (χ0v) is 23.9. The lowest BCUT2D eigenvalue weighted by molar-refractivity contribution is 0.0976. The summed E-state index contributed by atoms with van der Waals surface area (Å²) in [5.74, 6) is -0.406. The van der Waals surface area contributed by atoms with Gasteiger partial charge in [-0.05, 0) is 86.0 Å². The summed E-state index contributed by atoms with van der Waals surface area (Å²) >= 11 is 0. The normalized spacial score (nSPS) is 14.4. The van der Waals surface area contributed by atoms with Gasteiger partial charge in [-0.3, -0.25) is 9.69 Å². The van der Waals surface area contributed by atoms with Crippen LogP contribution in [0.1, 0.15) is 34.5 Å². The number of primary amides is 1. The molecule has 2 N–H and O–H groups in total. The second kappa shape index (κ2) is 11.4. The number of nitriles is 1. The minimum Gasteiger partial charge on any atom is -0.451 e. The molecule has 10 heteroatoms. The van der Waals surface area contributed by atoms with Crippen LogP contribution in [0.4, 0.5) is 5.69 Å². The number of benzene rings is 3. The Morgan fingerprint density at radius 2 is 1.74 bits per heavy atom. The Labute approximate surface area is 244 Å². The highest BCUT2D eigenvalue weighted by Crippen LogP contribution is 2.29. The van der Waals surface area contributed by atoms with E-state index in [1.165, 1.54) is 3.97 Å². The SMILES string of the molecule is N#Cc1ccc2c(c1)c(CCCCN1CCN(c3ccc4oc(C(N)=O)cc4c3)CC1)cn2S(=O)(=O)c1ccccc1. The van der Waals surface area contributed by atoms with Crippen molar-refractivity contribution in [1.82, 2.24) is 8.87 Å². The average Bonchev–Trinajstić information content (AvgIpc) is 3.62. The quantitative estimate of drug-likeness (QED) is 0.249. The maximum atomic E-state index is 13.4. The van der Waals surface area contributed by atoms with E-state index in [1.807, 2.05) is 18.2 Å². The zero-order chi connectivity index (χ0) is 29.3. The van der Waals surface area contributed by atoms with Crippen LogP contribution in [0.3, 0.4) is 0 Å². The van der Waals surface area contributed by atoms with Crippen molar-refractivity contribution in [2.45, 2.75) is 24.2 Å². The highest BCUT2D eigenvalue weighted by molar-refractivity contribution is 7.90. The monoisotopic (exact) mass is 581 g/mol. The van der Waals surface area contributed by atoms with Gasteiger partial charge in [0.15, 0.2) is 5.76 Å². The lowest BCUT2D eigenvalue weighted by Gasteiger charge is -2.36. The highest BCUT2D eigenvalue weighted by atomic mass is 32.2. The molecule has 1 fully saturated rings. The Balaban J connectivity index is 1.08. The number of furan rings is 1. The predicted molar refractivity (Wildman–Crippen MR) is 162 cm³/mol. The number of rotatable bonds is 9. The number of fused-ring (bicyclic) bond motifs is 2. The van der Waals surface area contributed by atoms with Crippen molar-refractivity contribution in [2.24, 2.45) is 5.73 Å². The fraction of sp³-hybridized carbons (Fsp3) is 0.250. The molecule has 1 saturated heterocycles. The number of amides is 1. The molecule has 0 unspecified atom stereocenters. The lowest BCUT2D eigenvalue weighted by Crippen LogP contribution is -2.46. The molecule has 1 aliphatic heterocycles. The van der Waals surface area contributed by atoms with Crippen LogP contribution in [0.15, 0.2) is 88.3 Å². The number of aromatic nitrogens is 1. The molecule has 0 radical (unpaired) electrons. The van der Waals surface area contributed by atoms with E-state index in [0.29, 0.717) is 16.7 Å². The maximum Gasteiger partial charge on any atom is 0.284 e. The van der Waals surface area contributed by atoms with Gasteiger partial charge in [-0.2, -0.15) is 5.26 Å². The first-order valence-corrected chi connectivity index (χ1v) is 15.4. The average molecular weight is 582 g/mol. The number of unbranched alkanes of at least 4 members (excludes halogenated alkanes) is 1. The Morgan fingerprint density at radius 1 is 0.952 bits per heavy atom. The molecule has 9 nitrogen and oxygen atoms in total. The van der Waals surface area contributed by atoms with Gasteiger partial charge in [-0.15, -0.1) is 0 Å². The fourth-order valence-corrected chi connectivity index (χ4v) is 7.08. The van der Waals surface area contributed by atoms with Crippen LogP contribution >= 0.6 is 0 Å². The molecule has 1 amide bonds. The Morgan fingerprint density at radius 3 is 2.48 bits per heavy atom. The molecule has 3 heterocycles. The molecule has 0 saturated carbocycles. The molecule has 0 bridgehead atoms. The topological polar surface area (TPSA) is 126 Å². The van der Waals surface area contributed by atoms with E-state index in [0.717, 1.165) is 74.0 Å². The number of aryl methyl sites for hydroxylation is 1. The first kappa shape index (κ1) is 27.6. The largest absolute Gasteiger partial charge is 0.451 e. The van der Waals surface area contributed by atoms with E-state index in [2.05, 4.69) is 15.9 Å². The number of piperazine rings is 1. The van der Waals surface area contributed by atoms with Gasteiger partial charge in [0.05, 0.1) is 22.0 Å². The molecule has 0 spiro atoms. The van der Waals surface area contributed by atoms with Gasteiger partial charge in [-0.1, -0.05) is 18.2 Å². The number of anilines is 1. The van der Waals surface area contributed by atoms with Crippen molar-refractivity contribution in [3.63, 3.8) is 0 Å². The summed E-state index contributed by atoms with van der Waals surface area (Å²) in [4.78, 5) is 16.5. The van der Waals surface area contributed by atoms with Crippen molar-refractivity contribution in [3.8, 4) is 6.07 Å². The van der Waals surface area contributed by atoms with E-state index in [9.17, 15) is 18.5 Å². The maximum absolute atomic E-state index is 13.4. The van der Waals surface area contributed by atoms with E-state index in [1.54, 1.807) is 60.8 Å². The van der Waals surface area contributed by atoms with Crippen molar-refractivity contribution < 1.29 is 17.6 Å². The summed E-state index contributed by atoms with van der Waals surface area (Å²) in [5, 5.41) is 11.1. The minimum atomic E-state index is -3.76. The summed E-state index contributed by atoms with van der Waals surface area (Å²) in [5.41, 5.74) is 9.12. The third kappa shape index (κ3) is 5.36. The van der Waals surface area contributed by atoms with E-state index in [-0.39, 0.29) is 10.7 Å². The first-order valence-electron chi connectivity index (χ1n) is 14.0. The molecular formula is C32H31N5O4S. The second-order valence-corrected chi connectivity index (χ2v) is 12.4. The van der Waals surface area contributed by atoms with Crippen molar-refractivity contribution in [1.29, 1.82) is 5.26 Å². The first-order chi connectivity index (χ1) is 20.3. The summed E-state index contributed by atoms with van der Waals surface area (Å²) in [6.45, 7) is 4.63. The summed E-state index contributed by atoms with van der Waals surface area (Å²) in [7, 11) is -3.76. The molecule has 214 valence electrons. The van der Waals surface area contributed by atoms with Crippen LogP contribution in [0.25, 0.3) is 21.9 Å². The smallest absolute Gasteiger partial charge is 0.284 e. The number of carbonyl (C=O) groups is 1. The van der Waals surface area contributed by atoms with Gasteiger partial charge in [0, 0.05) is 48.8 Å². The van der Waals surface area contributed by atoms with E-state index in [4.69, 9.17) is 10.2 Å². The molecule has 0 aliphatic carbocycles. The Hall–Kier alpha value is -4.59. The standard InChI is InChI=1S/C32H31N5O4S/c33-21-23-9-11-29-28(18-23)24(22-37(29)42(39,40)27-7-2-1-3-8-27)6-4-5-13-35-14-16-36(17-15-35)26-10-12-30-25(19-26)20-31(41-30)32(34)38/h1-3,7-12,18-20,22H,4-6,13-17H2,(H2,34,38). The van der Waals surface area contributed by atoms with Crippen LogP contribution in [0, 0.1) is 11.3 Å². The summed E-state index contributed by atoms with van der Waals surface area (Å²) in [6, 6.07) is 23.4. The van der Waals surface area contributed by atoms with Crippen LogP contribution in [0.5, 0.6) is 0 Å². The van der Waals surface area contributed by atoms with Crippen molar-refractivity contribution >= 4 is 43.5 Å². The third-order valence-electron chi connectivity index (χ3n) is 7.93. The molecule has 2 aromatic heterocycles. The van der Waals surface area contributed by atoms with Gasteiger partial charge >= 0.3 is 0 Å². The van der Waals surface area contributed by atoms with Crippen LogP contribution in [0.2, 0.25) is 0 Å². The second-order valence-electron chi connectivity index (χ2n) is 10.6. The van der Waals surface area contributed by atoms with Crippen LogP contribution in [-0.2, 0) is 16.4 Å². The van der Waals surface area contributed by atoms with Gasteiger partial charge in [0.1, 0.15) is 5.58 Å². The van der Waals surface area contributed by atoms with E-state index < -0.39 is 15.9 Å². The van der Waals surface area contributed by atoms with Crippen LogP contribution < -0.4 is 10.6 Å². The van der Waals surface area contributed by atoms with Gasteiger partial charge < -0.3 is 15.1 Å². The number of hydrogen-bond acceptors (Lipinski definition) is 7. The Kier molecular flexibility index (Phi) is 7.45. The van der Waals surface area contributed by atoms with E-state index >= 15 is 0 Å². The van der Waals surface area contributed by atoms with Gasteiger partial charge in [-0.25, -0.2) is 12.4 Å². The zero-order valence-electron chi connectivity index (χ0n) is 23.1. The van der Waals surface area contributed by atoms with Gasteiger partial charge in [0.25, 0.3) is 15.9 Å². The third-order valence-corrected chi connectivity index (χ3v) is 9.62. The van der Waals surface area contributed by atoms with Crippen molar-refractivity contribution in [2.75, 3.05) is 37.6 Å². The van der Waals surface area contributed by atoms with Crippen molar-refractivity contribution in [3.05, 3.63) is 95.9 Å². The molecule has 5 aromatic rings. The van der Waals surface area contributed by atoms with Gasteiger partial charge in [0.2, 0.25) is 0 Å². The summed E-state index contributed by atoms with van der Waals surface area (Å²) < 4.78 is 33.7. The highest BCUT2D eigenvalue weighted by Gasteiger charge is 2.22. The number of nitrogens with two attached hydrogens (primary N) is 1. The molecule has 6 rings (SSSR count). The summed E-state index contributed by atoms with van der Waals surface area (Å²) in [6.07, 6.45) is 4.32. The molecule has 0 atom stereocenters. The minimum absolute atomic E-state index is 0.167. The Bertz CT molecular complexity index is 1910. The molecule has 42 heavy (non-hydrogen) atoms. The lowest BCUT2D eigenvalue weighted by atomic mass is 10.1. The fourth-order valence-electron chi connectivity index (χ4n) is 5.67. The number of nitrogens with zero attached hydrogens (tertiary/aromatic N) is 4. The molecule has 3 aromatic carbocycles. The number of hydrogen-bond donors (Lipinski definition) is 1. The number of carbonyl (C=O) groups excluding carboxylic acids is 1. The van der Waals surface area contributed by atoms with Crippen LogP contribution in [-0.4, -0.2) is 55.9 Å². The molecular weight excluding hydrogens is 550 g/mol. The predicted octanol–water partition coefficient (Wildman–Crippen LogP) is 4.74.